The van der Waals surface area contributed by atoms with Crippen LogP contribution in [0.5, 0.6) is 0 Å². The Kier molecular flexibility index (Phi) is 4.98. The number of halogens is 1. The van der Waals surface area contributed by atoms with Gasteiger partial charge in [-0.15, -0.1) is 0 Å². The van der Waals surface area contributed by atoms with E-state index in [-0.39, 0.29) is 5.56 Å². The number of hydrogen-bond donors (Lipinski definition) is 1. The monoisotopic (exact) mass is 315 g/mol. The van der Waals surface area contributed by atoms with Gasteiger partial charge in [-0.2, -0.15) is 9.49 Å². The molecule has 0 atom stereocenters. The number of aromatic nitrogens is 2. The zero-order chi connectivity index (χ0) is 17.1. The molecule has 0 aliphatic rings. The molecular weight excluding hydrogens is 293 g/mol. The highest BCUT2D eigenvalue weighted by Gasteiger charge is 2.21. The molecule has 1 aromatic carbocycles. The van der Waals surface area contributed by atoms with E-state index in [1.807, 2.05) is 18.2 Å². The van der Waals surface area contributed by atoms with Gasteiger partial charge < -0.3 is 5.32 Å². The standard InChI is InChI=1S/C18H22FN3O/c1-11(2)10-12(3)14-8-6-7-9-15(14)20-18(23)16-13(4)21-22(5)17(16)19/h6-9,11H,3,10H2,1-2,4-5H3,(H,20,23). The van der Waals surface area contributed by atoms with Crippen LogP contribution in [0.2, 0.25) is 0 Å². The summed E-state index contributed by atoms with van der Waals surface area (Å²) < 4.78 is 15.1. The van der Waals surface area contributed by atoms with E-state index in [9.17, 15) is 9.18 Å². The minimum atomic E-state index is -0.640. The topological polar surface area (TPSA) is 46.9 Å². The number of nitrogens with zero attached hydrogens (tertiary/aromatic N) is 2. The summed E-state index contributed by atoms with van der Waals surface area (Å²) in [6.07, 6.45) is 0.827. The third-order valence-electron chi connectivity index (χ3n) is 3.59. The highest BCUT2D eigenvalue weighted by Crippen LogP contribution is 2.28. The van der Waals surface area contributed by atoms with Crippen molar-refractivity contribution in [3.8, 4) is 0 Å². The fraction of sp³-hybridized carbons (Fsp3) is 0.333. The molecule has 5 heteroatoms. The summed E-state index contributed by atoms with van der Waals surface area (Å²) in [5.41, 5.74) is 2.78. The Bertz CT molecular complexity index is 747. The smallest absolute Gasteiger partial charge is 0.262 e. The fourth-order valence-electron chi connectivity index (χ4n) is 2.58. The van der Waals surface area contributed by atoms with Crippen molar-refractivity contribution in [3.63, 3.8) is 0 Å². The van der Waals surface area contributed by atoms with E-state index in [4.69, 9.17) is 0 Å². The SMILES string of the molecule is C=C(CC(C)C)c1ccccc1NC(=O)c1c(C)nn(C)c1F. The van der Waals surface area contributed by atoms with Crippen LogP contribution in [-0.4, -0.2) is 15.7 Å². The average molecular weight is 315 g/mol. The lowest BCUT2D eigenvalue weighted by atomic mass is 9.96. The normalized spacial score (nSPS) is 10.9. The third-order valence-corrected chi connectivity index (χ3v) is 3.59. The molecule has 23 heavy (non-hydrogen) atoms. The van der Waals surface area contributed by atoms with Crippen LogP contribution in [0.4, 0.5) is 10.1 Å². The molecule has 0 radical (unpaired) electrons. The molecule has 122 valence electrons. The molecule has 0 fully saturated rings. The van der Waals surface area contributed by atoms with Gasteiger partial charge in [0.1, 0.15) is 5.56 Å². The van der Waals surface area contributed by atoms with Crippen molar-refractivity contribution in [2.75, 3.05) is 5.32 Å². The van der Waals surface area contributed by atoms with Gasteiger partial charge in [-0.05, 0) is 30.9 Å². The highest BCUT2D eigenvalue weighted by atomic mass is 19.1. The molecule has 1 heterocycles. The second-order valence-electron chi connectivity index (χ2n) is 6.08. The van der Waals surface area contributed by atoms with Gasteiger partial charge in [-0.1, -0.05) is 38.6 Å². The van der Waals surface area contributed by atoms with Crippen LogP contribution in [-0.2, 0) is 7.05 Å². The van der Waals surface area contributed by atoms with E-state index in [0.717, 1.165) is 22.2 Å². The maximum Gasteiger partial charge on any atom is 0.262 e. The zero-order valence-electron chi connectivity index (χ0n) is 14.0. The van der Waals surface area contributed by atoms with Gasteiger partial charge in [0.05, 0.1) is 5.69 Å². The van der Waals surface area contributed by atoms with Crippen LogP contribution in [0.15, 0.2) is 30.8 Å². The lowest BCUT2D eigenvalue weighted by Crippen LogP contribution is -2.15. The van der Waals surface area contributed by atoms with Gasteiger partial charge in [-0.25, -0.2) is 4.68 Å². The number of carbonyl (C=O) groups excluding carboxylic acids is 1. The van der Waals surface area contributed by atoms with E-state index < -0.39 is 11.9 Å². The predicted octanol–water partition coefficient (Wildman–Crippen LogP) is 4.18. The lowest BCUT2D eigenvalue weighted by Gasteiger charge is -2.14. The minimum absolute atomic E-state index is 0.0308. The van der Waals surface area contributed by atoms with Gasteiger partial charge in [0.25, 0.3) is 5.91 Å². The Morgan fingerprint density at radius 3 is 2.61 bits per heavy atom. The number of nitrogens with one attached hydrogen (secondary N) is 1. The molecule has 1 amide bonds. The Balaban J connectivity index is 2.30. The summed E-state index contributed by atoms with van der Waals surface area (Å²) >= 11 is 0. The molecule has 2 rings (SSSR count). The fourth-order valence-corrected chi connectivity index (χ4v) is 2.58. The van der Waals surface area contributed by atoms with Gasteiger partial charge >= 0.3 is 0 Å². The second kappa shape index (κ2) is 6.77. The summed E-state index contributed by atoms with van der Waals surface area (Å²) in [7, 11) is 1.47. The molecule has 1 aromatic heterocycles. The molecule has 1 N–H and O–H groups in total. The summed E-state index contributed by atoms with van der Waals surface area (Å²) in [6, 6.07) is 7.43. The van der Waals surface area contributed by atoms with E-state index in [1.165, 1.54) is 7.05 Å². The first-order valence-corrected chi connectivity index (χ1v) is 7.58. The van der Waals surface area contributed by atoms with E-state index >= 15 is 0 Å². The number of benzene rings is 1. The third kappa shape index (κ3) is 3.67. The summed E-state index contributed by atoms with van der Waals surface area (Å²) in [5.74, 6) is -0.680. The van der Waals surface area contributed by atoms with Gasteiger partial charge in [0.2, 0.25) is 5.95 Å². The maximum atomic E-state index is 14.0. The van der Waals surface area contributed by atoms with Crippen molar-refractivity contribution >= 4 is 17.2 Å². The molecule has 0 unspecified atom stereocenters. The van der Waals surface area contributed by atoms with Gasteiger partial charge in [0, 0.05) is 18.3 Å². The average Bonchev–Trinajstić information content (AvgIpc) is 2.71. The van der Waals surface area contributed by atoms with E-state index in [2.05, 4.69) is 30.8 Å². The molecule has 0 spiro atoms. The van der Waals surface area contributed by atoms with Crippen molar-refractivity contribution in [1.29, 1.82) is 0 Å². The molecule has 0 aliphatic carbocycles. The van der Waals surface area contributed by atoms with Crippen LogP contribution in [0.1, 0.15) is 41.9 Å². The number of carbonyl (C=O) groups is 1. The zero-order valence-corrected chi connectivity index (χ0v) is 14.0. The lowest BCUT2D eigenvalue weighted by molar-refractivity contribution is 0.102. The van der Waals surface area contributed by atoms with Crippen molar-refractivity contribution in [1.82, 2.24) is 9.78 Å². The molecule has 2 aromatic rings. The van der Waals surface area contributed by atoms with E-state index in [0.29, 0.717) is 17.3 Å². The molecular formula is C18H22FN3O. The summed E-state index contributed by atoms with van der Waals surface area (Å²) in [6.45, 7) is 9.94. The number of rotatable bonds is 5. The van der Waals surface area contributed by atoms with Crippen LogP contribution >= 0.6 is 0 Å². The largest absolute Gasteiger partial charge is 0.321 e. The molecule has 0 aliphatic heterocycles. The van der Waals surface area contributed by atoms with Crippen molar-refractivity contribution < 1.29 is 9.18 Å². The van der Waals surface area contributed by atoms with Gasteiger partial charge in [-0.3, -0.25) is 4.79 Å². The Morgan fingerprint density at radius 1 is 1.39 bits per heavy atom. The predicted molar refractivity (Wildman–Crippen MR) is 90.8 cm³/mol. The number of anilines is 1. The summed E-state index contributed by atoms with van der Waals surface area (Å²) in [5, 5.41) is 6.72. The van der Waals surface area contributed by atoms with Crippen LogP contribution in [0.3, 0.4) is 0 Å². The van der Waals surface area contributed by atoms with Crippen LogP contribution in [0, 0.1) is 18.8 Å². The Morgan fingerprint density at radius 2 is 2.04 bits per heavy atom. The van der Waals surface area contributed by atoms with Crippen LogP contribution < -0.4 is 5.32 Å². The quantitative estimate of drug-likeness (QED) is 0.899. The number of para-hydroxylation sites is 1. The summed E-state index contributed by atoms with van der Waals surface area (Å²) in [4.78, 5) is 12.4. The number of amides is 1. The van der Waals surface area contributed by atoms with Crippen molar-refractivity contribution in [2.24, 2.45) is 13.0 Å². The number of allylic oxidation sites excluding steroid dienone is 1. The number of hydrogen-bond acceptors (Lipinski definition) is 2. The van der Waals surface area contributed by atoms with Crippen molar-refractivity contribution in [3.05, 3.63) is 53.6 Å². The van der Waals surface area contributed by atoms with Crippen LogP contribution in [0.25, 0.3) is 5.57 Å². The molecule has 0 saturated heterocycles. The molecule has 0 saturated carbocycles. The minimum Gasteiger partial charge on any atom is -0.321 e. The van der Waals surface area contributed by atoms with E-state index in [1.54, 1.807) is 13.0 Å². The maximum absolute atomic E-state index is 14.0. The highest BCUT2D eigenvalue weighted by molar-refractivity contribution is 6.06. The Labute approximate surface area is 136 Å². The molecule has 0 bridgehead atoms. The first-order chi connectivity index (χ1) is 10.8. The van der Waals surface area contributed by atoms with Crippen molar-refractivity contribution in [2.45, 2.75) is 27.2 Å². The first-order valence-electron chi connectivity index (χ1n) is 7.58. The number of aryl methyl sites for hydroxylation is 2. The van der Waals surface area contributed by atoms with Gasteiger partial charge in [0.15, 0.2) is 0 Å². The first kappa shape index (κ1) is 16.9. The molecule has 4 nitrogen and oxygen atoms in total. The second-order valence-corrected chi connectivity index (χ2v) is 6.08. The Hall–Kier alpha value is -2.43.